The molecule has 0 aromatic heterocycles. The van der Waals surface area contributed by atoms with Crippen molar-refractivity contribution >= 4 is 0 Å². The summed E-state index contributed by atoms with van der Waals surface area (Å²) in [6.45, 7) is 0. The molecule has 14 heavy (non-hydrogen) atoms. The van der Waals surface area contributed by atoms with Gasteiger partial charge < -0.3 is 10.1 Å². The highest BCUT2D eigenvalue weighted by Gasteiger charge is 2.28. The Kier molecular flexibility index (Phi) is 3.82. The maximum absolute atomic E-state index is 6.15. The molecule has 2 saturated carbocycles. The molecule has 2 atom stereocenters. The van der Waals surface area contributed by atoms with Gasteiger partial charge in [0.1, 0.15) is 0 Å². The molecule has 0 aromatic carbocycles. The van der Waals surface area contributed by atoms with Crippen LogP contribution in [-0.2, 0) is 4.74 Å². The molecule has 0 heterocycles. The van der Waals surface area contributed by atoms with Crippen LogP contribution in [0.25, 0.3) is 0 Å². The first kappa shape index (κ1) is 10.4. The molecular formula is C12H23NO. The van der Waals surface area contributed by atoms with Crippen LogP contribution in [0.4, 0.5) is 0 Å². The van der Waals surface area contributed by atoms with E-state index in [1.165, 1.54) is 51.4 Å². The number of nitrogens with one attached hydrogen (secondary N) is 1. The molecule has 2 unspecified atom stereocenters. The summed E-state index contributed by atoms with van der Waals surface area (Å²) in [5, 5.41) is 3.42. The third-order valence-corrected chi connectivity index (χ3v) is 3.74. The molecule has 2 aliphatic rings. The van der Waals surface area contributed by atoms with Crippen molar-refractivity contribution in [3.63, 3.8) is 0 Å². The van der Waals surface area contributed by atoms with E-state index in [4.69, 9.17) is 4.74 Å². The first-order valence-corrected chi connectivity index (χ1v) is 6.23. The Labute approximate surface area is 87.4 Å². The summed E-state index contributed by atoms with van der Waals surface area (Å²) in [4.78, 5) is 0. The lowest BCUT2D eigenvalue weighted by atomic mass is 9.95. The number of hydrogen-bond donors (Lipinski definition) is 1. The molecule has 2 fully saturated rings. The fourth-order valence-corrected chi connectivity index (χ4v) is 2.52. The maximum Gasteiger partial charge on any atom is 0.0731 e. The van der Waals surface area contributed by atoms with Gasteiger partial charge in [-0.2, -0.15) is 0 Å². The summed E-state index contributed by atoms with van der Waals surface area (Å²) in [7, 11) is 2.08. The highest BCUT2D eigenvalue weighted by molar-refractivity contribution is 4.82. The van der Waals surface area contributed by atoms with Gasteiger partial charge in [0.25, 0.3) is 0 Å². The van der Waals surface area contributed by atoms with Crippen molar-refractivity contribution in [1.82, 2.24) is 5.32 Å². The minimum atomic E-state index is 0.493. The van der Waals surface area contributed by atoms with E-state index in [9.17, 15) is 0 Å². The Morgan fingerprint density at radius 2 is 1.71 bits per heavy atom. The molecule has 1 N–H and O–H groups in total. The first-order chi connectivity index (χ1) is 6.90. The van der Waals surface area contributed by atoms with Crippen molar-refractivity contribution in [3.05, 3.63) is 0 Å². The number of likely N-dealkylation sites (N-methyl/N-ethyl adjacent to an activating group) is 1. The van der Waals surface area contributed by atoms with Crippen molar-refractivity contribution in [2.45, 2.75) is 69.6 Å². The molecule has 82 valence electrons. The van der Waals surface area contributed by atoms with Crippen LogP contribution in [0.2, 0.25) is 0 Å². The summed E-state index contributed by atoms with van der Waals surface area (Å²) in [5.41, 5.74) is 0. The van der Waals surface area contributed by atoms with Gasteiger partial charge in [-0.25, -0.2) is 0 Å². The number of ether oxygens (including phenoxy) is 1. The predicted octanol–water partition coefficient (Wildman–Crippen LogP) is 2.48. The third-order valence-electron chi connectivity index (χ3n) is 3.74. The van der Waals surface area contributed by atoms with Gasteiger partial charge in [0.2, 0.25) is 0 Å². The molecule has 0 aromatic rings. The minimum Gasteiger partial charge on any atom is -0.373 e. The maximum atomic E-state index is 6.15. The van der Waals surface area contributed by atoms with Crippen LogP contribution in [0.3, 0.4) is 0 Å². The quantitative estimate of drug-likeness (QED) is 0.702. The van der Waals surface area contributed by atoms with E-state index in [1.54, 1.807) is 0 Å². The van der Waals surface area contributed by atoms with Crippen molar-refractivity contribution < 1.29 is 4.74 Å². The molecule has 2 nitrogen and oxygen atoms in total. The van der Waals surface area contributed by atoms with Gasteiger partial charge in [-0.05, 0) is 39.2 Å². The zero-order valence-corrected chi connectivity index (χ0v) is 9.30. The lowest BCUT2D eigenvalue weighted by Crippen LogP contribution is -2.41. The summed E-state index contributed by atoms with van der Waals surface area (Å²) < 4.78 is 6.15. The normalized spacial score (nSPS) is 34.9. The second-order valence-electron chi connectivity index (χ2n) is 4.76. The van der Waals surface area contributed by atoms with Gasteiger partial charge in [0.05, 0.1) is 12.2 Å². The van der Waals surface area contributed by atoms with Crippen molar-refractivity contribution in [2.75, 3.05) is 7.05 Å². The molecule has 0 bridgehead atoms. The van der Waals surface area contributed by atoms with E-state index in [0.717, 1.165) is 0 Å². The second kappa shape index (κ2) is 5.13. The van der Waals surface area contributed by atoms with E-state index in [0.29, 0.717) is 18.2 Å². The largest absolute Gasteiger partial charge is 0.373 e. The SMILES string of the molecule is CNC1CCCCCC1OC1CCC1. The second-order valence-corrected chi connectivity index (χ2v) is 4.76. The third kappa shape index (κ3) is 2.48. The van der Waals surface area contributed by atoms with Gasteiger partial charge in [-0.15, -0.1) is 0 Å². The molecule has 2 aliphatic carbocycles. The van der Waals surface area contributed by atoms with Crippen molar-refractivity contribution in [1.29, 1.82) is 0 Å². The summed E-state index contributed by atoms with van der Waals surface area (Å²) in [6, 6.07) is 0.609. The van der Waals surface area contributed by atoms with Crippen LogP contribution in [0.15, 0.2) is 0 Å². The highest BCUT2D eigenvalue weighted by Crippen LogP contribution is 2.28. The fourth-order valence-electron chi connectivity index (χ4n) is 2.52. The molecular weight excluding hydrogens is 174 g/mol. The molecule has 0 spiro atoms. The minimum absolute atomic E-state index is 0.493. The molecule has 0 saturated heterocycles. The average Bonchev–Trinajstić information content (AvgIpc) is 2.35. The molecule has 2 heteroatoms. The zero-order valence-electron chi connectivity index (χ0n) is 9.30. The van der Waals surface area contributed by atoms with Crippen molar-refractivity contribution in [3.8, 4) is 0 Å². The van der Waals surface area contributed by atoms with Gasteiger partial charge in [-0.3, -0.25) is 0 Å². The van der Waals surface area contributed by atoms with Crippen molar-refractivity contribution in [2.24, 2.45) is 0 Å². The lowest BCUT2D eigenvalue weighted by Gasteiger charge is -2.33. The smallest absolute Gasteiger partial charge is 0.0731 e. The Hall–Kier alpha value is -0.0800. The summed E-state index contributed by atoms with van der Waals surface area (Å²) in [5.74, 6) is 0. The van der Waals surface area contributed by atoms with Crippen LogP contribution in [0.1, 0.15) is 51.4 Å². The van der Waals surface area contributed by atoms with Gasteiger partial charge in [0, 0.05) is 6.04 Å². The summed E-state index contributed by atoms with van der Waals surface area (Å²) in [6.07, 6.45) is 11.7. The molecule has 0 amide bonds. The zero-order chi connectivity index (χ0) is 9.80. The Morgan fingerprint density at radius 1 is 0.929 bits per heavy atom. The van der Waals surface area contributed by atoms with Crippen LogP contribution in [-0.4, -0.2) is 25.3 Å². The summed E-state index contributed by atoms with van der Waals surface area (Å²) >= 11 is 0. The van der Waals surface area contributed by atoms with Gasteiger partial charge >= 0.3 is 0 Å². The Morgan fingerprint density at radius 3 is 2.36 bits per heavy atom. The average molecular weight is 197 g/mol. The van der Waals surface area contributed by atoms with E-state index >= 15 is 0 Å². The first-order valence-electron chi connectivity index (χ1n) is 6.23. The Bertz CT molecular complexity index is 168. The monoisotopic (exact) mass is 197 g/mol. The number of hydrogen-bond acceptors (Lipinski definition) is 2. The van der Waals surface area contributed by atoms with Crippen LogP contribution < -0.4 is 5.32 Å². The molecule has 2 rings (SSSR count). The van der Waals surface area contributed by atoms with Gasteiger partial charge in [-0.1, -0.05) is 19.3 Å². The van der Waals surface area contributed by atoms with E-state index in [1.807, 2.05) is 0 Å². The van der Waals surface area contributed by atoms with E-state index in [-0.39, 0.29) is 0 Å². The Balaban J connectivity index is 1.83. The van der Waals surface area contributed by atoms with Crippen LogP contribution in [0, 0.1) is 0 Å². The standard InChI is InChI=1S/C12H23NO/c1-13-11-8-3-2-4-9-12(11)14-10-6-5-7-10/h10-13H,2-9H2,1H3. The van der Waals surface area contributed by atoms with E-state index in [2.05, 4.69) is 12.4 Å². The van der Waals surface area contributed by atoms with E-state index < -0.39 is 0 Å². The molecule has 0 aliphatic heterocycles. The topological polar surface area (TPSA) is 21.3 Å². The lowest BCUT2D eigenvalue weighted by molar-refractivity contribution is -0.0675. The molecule has 0 radical (unpaired) electrons. The van der Waals surface area contributed by atoms with Crippen LogP contribution >= 0.6 is 0 Å². The highest BCUT2D eigenvalue weighted by atomic mass is 16.5. The van der Waals surface area contributed by atoms with Crippen LogP contribution in [0.5, 0.6) is 0 Å². The van der Waals surface area contributed by atoms with Gasteiger partial charge in [0.15, 0.2) is 0 Å². The predicted molar refractivity (Wildman–Crippen MR) is 58.4 cm³/mol. The fraction of sp³-hybridized carbons (Fsp3) is 1.00. The number of rotatable bonds is 3.